The predicted octanol–water partition coefficient (Wildman–Crippen LogP) is 1.70. The Labute approximate surface area is 122 Å². The number of ether oxygens (including phenoxy) is 1. The van der Waals surface area contributed by atoms with Gasteiger partial charge in [0.1, 0.15) is 0 Å². The van der Waals surface area contributed by atoms with E-state index in [-0.39, 0.29) is 28.9 Å². The van der Waals surface area contributed by atoms with Gasteiger partial charge < -0.3 is 15.4 Å². The minimum atomic E-state index is -0.110. The molecule has 3 rings (SSSR count). The quantitative estimate of drug-likeness (QED) is 0.827. The molecule has 20 heavy (non-hydrogen) atoms. The zero-order chi connectivity index (χ0) is 14.6. The van der Waals surface area contributed by atoms with Gasteiger partial charge in [-0.3, -0.25) is 4.79 Å². The summed E-state index contributed by atoms with van der Waals surface area (Å²) in [6, 6.07) is 0.249. The molecule has 0 bridgehead atoms. The SMILES string of the molecule is COC1(C)CC(NC(=O)C2CC23CCNCC3)C1(C)C. The average molecular weight is 280 g/mol. The number of amides is 1. The van der Waals surface area contributed by atoms with E-state index in [1.54, 1.807) is 7.11 Å². The largest absolute Gasteiger partial charge is 0.378 e. The third-order valence-electron chi connectivity index (χ3n) is 6.70. The van der Waals surface area contributed by atoms with E-state index >= 15 is 0 Å². The zero-order valence-corrected chi connectivity index (χ0v) is 13.2. The van der Waals surface area contributed by atoms with Crippen molar-refractivity contribution in [2.75, 3.05) is 20.2 Å². The smallest absolute Gasteiger partial charge is 0.223 e. The number of carbonyl (C=O) groups excluding carboxylic acids is 1. The fourth-order valence-electron chi connectivity index (χ4n) is 4.19. The van der Waals surface area contributed by atoms with Gasteiger partial charge >= 0.3 is 0 Å². The van der Waals surface area contributed by atoms with Gasteiger partial charge in [0, 0.05) is 24.5 Å². The highest BCUT2D eigenvalue weighted by atomic mass is 16.5. The lowest BCUT2D eigenvalue weighted by Crippen LogP contribution is -2.68. The molecule has 0 aromatic rings. The monoisotopic (exact) mass is 280 g/mol. The molecule has 1 amide bonds. The van der Waals surface area contributed by atoms with Crippen LogP contribution >= 0.6 is 0 Å². The van der Waals surface area contributed by atoms with Crippen LogP contribution in [0, 0.1) is 16.7 Å². The molecule has 1 saturated heterocycles. The summed E-state index contributed by atoms with van der Waals surface area (Å²) in [7, 11) is 1.77. The Morgan fingerprint density at radius 1 is 1.20 bits per heavy atom. The Morgan fingerprint density at radius 2 is 1.85 bits per heavy atom. The molecule has 1 spiro atoms. The molecule has 0 aromatic carbocycles. The Kier molecular flexibility index (Phi) is 3.18. The van der Waals surface area contributed by atoms with Crippen LogP contribution < -0.4 is 10.6 Å². The maximum absolute atomic E-state index is 12.5. The van der Waals surface area contributed by atoms with Crippen molar-refractivity contribution in [1.29, 1.82) is 0 Å². The first-order valence-corrected chi connectivity index (χ1v) is 7.91. The van der Waals surface area contributed by atoms with Crippen molar-refractivity contribution in [1.82, 2.24) is 10.6 Å². The maximum atomic E-state index is 12.5. The first-order valence-electron chi connectivity index (χ1n) is 7.91. The van der Waals surface area contributed by atoms with Crippen LogP contribution in [-0.4, -0.2) is 37.7 Å². The highest BCUT2D eigenvalue weighted by Gasteiger charge is 2.61. The number of rotatable bonds is 3. The summed E-state index contributed by atoms with van der Waals surface area (Å²) in [4.78, 5) is 12.5. The van der Waals surface area contributed by atoms with Gasteiger partial charge in [0.05, 0.1) is 5.60 Å². The molecule has 3 aliphatic rings. The Morgan fingerprint density at radius 3 is 2.40 bits per heavy atom. The molecule has 3 atom stereocenters. The molecule has 4 heteroatoms. The minimum Gasteiger partial charge on any atom is -0.378 e. The van der Waals surface area contributed by atoms with Crippen molar-refractivity contribution in [3.05, 3.63) is 0 Å². The van der Waals surface area contributed by atoms with E-state index in [2.05, 4.69) is 31.4 Å². The number of piperidine rings is 1. The van der Waals surface area contributed by atoms with E-state index in [1.165, 1.54) is 0 Å². The summed E-state index contributed by atoms with van der Waals surface area (Å²) < 4.78 is 5.63. The number of methoxy groups -OCH3 is 1. The Bertz CT molecular complexity index is 415. The van der Waals surface area contributed by atoms with Crippen molar-refractivity contribution >= 4 is 5.91 Å². The van der Waals surface area contributed by atoms with Gasteiger partial charge in [-0.2, -0.15) is 0 Å². The van der Waals surface area contributed by atoms with E-state index < -0.39 is 0 Å². The number of hydrogen-bond donors (Lipinski definition) is 2. The molecular weight excluding hydrogens is 252 g/mol. The predicted molar refractivity (Wildman–Crippen MR) is 78.4 cm³/mol. The van der Waals surface area contributed by atoms with Crippen molar-refractivity contribution in [3.8, 4) is 0 Å². The molecule has 1 aliphatic heterocycles. The third kappa shape index (κ3) is 1.92. The molecule has 3 fully saturated rings. The topological polar surface area (TPSA) is 50.4 Å². The third-order valence-corrected chi connectivity index (χ3v) is 6.70. The van der Waals surface area contributed by atoms with Crippen LogP contribution in [0.1, 0.15) is 46.5 Å². The number of carbonyl (C=O) groups is 1. The second kappa shape index (κ2) is 4.44. The van der Waals surface area contributed by atoms with E-state index in [0.29, 0.717) is 5.41 Å². The van der Waals surface area contributed by atoms with Crippen LogP contribution in [0.5, 0.6) is 0 Å². The van der Waals surface area contributed by atoms with Crippen molar-refractivity contribution in [2.45, 2.75) is 58.1 Å². The van der Waals surface area contributed by atoms with Crippen LogP contribution in [-0.2, 0) is 9.53 Å². The Hall–Kier alpha value is -0.610. The normalized spacial score (nSPS) is 41.0. The summed E-state index contributed by atoms with van der Waals surface area (Å²) in [6.45, 7) is 8.66. The fraction of sp³-hybridized carbons (Fsp3) is 0.938. The van der Waals surface area contributed by atoms with Crippen LogP contribution in [0.2, 0.25) is 0 Å². The van der Waals surface area contributed by atoms with Crippen LogP contribution in [0.25, 0.3) is 0 Å². The van der Waals surface area contributed by atoms with E-state index in [1.807, 2.05) is 0 Å². The minimum absolute atomic E-state index is 0.00752. The number of nitrogens with one attached hydrogen (secondary N) is 2. The summed E-state index contributed by atoms with van der Waals surface area (Å²) in [5, 5.41) is 6.68. The standard InChI is InChI=1S/C16H28N2O2/c1-14(2)12(10-15(14,3)20-4)18-13(19)11-9-16(11)5-7-17-8-6-16/h11-12,17H,5-10H2,1-4H3,(H,18,19). The molecule has 0 radical (unpaired) electrons. The molecule has 2 N–H and O–H groups in total. The molecule has 114 valence electrons. The van der Waals surface area contributed by atoms with E-state index in [0.717, 1.165) is 38.8 Å². The summed E-state index contributed by atoms with van der Waals surface area (Å²) in [6.07, 6.45) is 4.34. The average Bonchev–Trinajstić information content (AvgIpc) is 3.12. The van der Waals surface area contributed by atoms with Crippen molar-refractivity contribution < 1.29 is 9.53 Å². The van der Waals surface area contributed by atoms with Gasteiger partial charge in [-0.15, -0.1) is 0 Å². The summed E-state index contributed by atoms with van der Waals surface area (Å²) >= 11 is 0. The van der Waals surface area contributed by atoms with Crippen LogP contribution in [0.15, 0.2) is 0 Å². The van der Waals surface area contributed by atoms with Gasteiger partial charge in [0.15, 0.2) is 0 Å². The second-order valence-corrected chi connectivity index (χ2v) is 7.79. The number of hydrogen-bond acceptors (Lipinski definition) is 3. The summed E-state index contributed by atoms with van der Waals surface area (Å²) in [5.41, 5.74) is 0.225. The molecule has 3 unspecified atom stereocenters. The van der Waals surface area contributed by atoms with E-state index in [4.69, 9.17) is 4.74 Å². The molecule has 0 aromatic heterocycles. The highest BCUT2D eigenvalue weighted by molar-refractivity contribution is 5.83. The molecule has 1 heterocycles. The molecule has 2 aliphatic carbocycles. The van der Waals surface area contributed by atoms with Crippen LogP contribution in [0.3, 0.4) is 0 Å². The molecule has 4 nitrogen and oxygen atoms in total. The van der Waals surface area contributed by atoms with Gasteiger partial charge in [-0.1, -0.05) is 13.8 Å². The first kappa shape index (κ1) is 14.3. The summed E-state index contributed by atoms with van der Waals surface area (Å²) in [5.74, 6) is 0.540. The van der Waals surface area contributed by atoms with Crippen LogP contribution in [0.4, 0.5) is 0 Å². The lowest BCUT2D eigenvalue weighted by atomic mass is 9.56. The lowest BCUT2D eigenvalue weighted by molar-refractivity contribution is -0.182. The van der Waals surface area contributed by atoms with Gasteiger partial charge in [0.2, 0.25) is 5.91 Å². The van der Waals surface area contributed by atoms with Gasteiger partial charge in [-0.25, -0.2) is 0 Å². The Balaban J connectivity index is 1.57. The van der Waals surface area contributed by atoms with Crippen molar-refractivity contribution in [2.24, 2.45) is 16.7 Å². The molecule has 2 saturated carbocycles. The highest BCUT2D eigenvalue weighted by Crippen LogP contribution is 2.59. The second-order valence-electron chi connectivity index (χ2n) is 7.79. The first-order chi connectivity index (χ1) is 9.35. The van der Waals surface area contributed by atoms with E-state index in [9.17, 15) is 4.79 Å². The fourth-order valence-corrected chi connectivity index (χ4v) is 4.19. The van der Waals surface area contributed by atoms with Gasteiger partial charge in [0.25, 0.3) is 0 Å². The zero-order valence-electron chi connectivity index (χ0n) is 13.2. The lowest BCUT2D eigenvalue weighted by Gasteiger charge is -2.59. The van der Waals surface area contributed by atoms with Gasteiger partial charge in [-0.05, 0) is 51.1 Å². The maximum Gasteiger partial charge on any atom is 0.223 e. The molecular formula is C16H28N2O2. The van der Waals surface area contributed by atoms with Crippen molar-refractivity contribution in [3.63, 3.8) is 0 Å².